The second-order valence-corrected chi connectivity index (χ2v) is 13.2. The van der Waals surface area contributed by atoms with E-state index in [0.29, 0.717) is 24.2 Å². The summed E-state index contributed by atoms with van der Waals surface area (Å²) in [6.07, 6.45) is 23.2. The van der Waals surface area contributed by atoms with E-state index in [1.165, 1.54) is 25.3 Å². The Kier molecular flexibility index (Phi) is 7.90. The highest BCUT2D eigenvalue weighted by atomic mass is 16.2. The molecule has 0 aromatic carbocycles. The molecule has 2 fully saturated rings. The smallest absolute Gasteiger partial charge is 0.275 e. The summed E-state index contributed by atoms with van der Waals surface area (Å²) in [4.78, 5) is 62.7. The van der Waals surface area contributed by atoms with Crippen molar-refractivity contribution in [1.82, 2.24) is 70.1 Å². The number of amides is 2. The largest absolute Gasteiger partial charge is 0.337 e. The topological polar surface area (TPSA) is 201 Å². The van der Waals surface area contributed by atoms with Crippen LogP contribution in [-0.4, -0.2) is 108 Å². The highest BCUT2D eigenvalue weighted by molar-refractivity contribution is 5.98. The first-order chi connectivity index (χ1) is 26.1. The number of carbonyl (C=O) groups is 2. The Morgan fingerprint density at radius 1 is 0.547 bits per heavy atom. The van der Waals surface area contributed by atoms with Crippen molar-refractivity contribution in [2.45, 2.75) is 30.1 Å². The predicted molar refractivity (Wildman–Crippen MR) is 189 cm³/mol. The van der Waals surface area contributed by atoms with Crippen molar-refractivity contribution < 1.29 is 9.59 Å². The van der Waals surface area contributed by atoms with Crippen LogP contribution in [0.5, 0.6) is 0 Å². The average Bonchev–Trinajstić information content (AvgIpc) is 3.84. The second kappa shape index (κ2) is 13.0. The summed E-state index contributed by atoms with van der Waals surface area (Å²) in [7, 11) is 0. The van der Waals surface area contributed by atoms with Gasteiger partial charge in [-0.25, -0.2) is 39.9 Å². The fourth-order valence-electron chi connectivity index (χ4n) is 7.11. The van der Waals surface area contributed by atoms with Gasteiger partial charge in [0.25, 0.3) is 11.8 Å². The van der Waals surface area contributed by atoms with Gasteiger partial charge >= 0.3 is 0 Å². The number of rotatable bonds is 6. The average molecular weight is 705 g/mol. The molecular formula is C37H32N14O2. The van der Waals surface area contributed by atoms with Crippen LogP contribution in [0.25, 0.3) is 12.2 Å². The van der Waals surface area contributed by atoms with Crippen LogP contribution in [0.2, 0.25) is 0 Å². The lowest BCUT2D eigenvalue weighted by atomic mass is 9.73. The molecule has 4 aliphatic rings. The molecule has 2 aliphatic heterocycles. The monoisotopic (exact) mass is 704 g/mol. The Morgan fingerprint density at radius 3 is 1.23 bits per heavy atom. The van der Waals surface area contributed by atoms with Gasteiger partial charge in [-0.3, -0.25) is 19.8 Å². The van der Waals surface area contributed by atoms with Crippen LogP contribution in [0.3, 0.4) is 0 Å². The van der Waals surface area contributed by atoms with E-state index in [4.69, 9.17) is 0 Å². The first-order valence-electron chi connectivity index (χ1n) is 17.2. The summed E-state index contributed by atoms with van der Waals surface area (Å²) in [6.45, 7) is 3.21. The van der Waals surface area contributed by atoms with Crippen LogP contribution in [-0.2, 0) is 23.7 Å². The number of hydrogen-bond donors (Lipinski definition) is 2. The Balaban J connectivity index is 0.000000141. The number of carbonyl (C=O) groups excluding carboxylic acids is 2. The predicted octanol–water partition coefficient (Wildman–Crippen LogP) is 2.39. The number of aromatic amines is 2. The van der Waals surface area contributed by atoms with Crippen molar-refractivity contribution in [3.63, 3.8) is 0 Å². The fraction of sp³-hybridized carbons (Fsp3) is 0.243. The van der Waals surface area contributed by atoms with Crippen LogP contribution in [0.1, 0.15) is 72.7 Å². The van der Waals surface area contributed by atoms with Gasteiger partial charge in [0.15, 0.2) is 11.4 Å². The number of fused-ring (bicyclic) bond motifs is 2. The minimum atomic E-state index is -0.567. The zero-order valence-corrected chi connectivity index (χ0v) is 28.4. The molecule has 2 amide bonds. The summed E-state index contributed by atoms with van der Waals surface area (Å²) in [5, 5.41) is 14.7. The van der Waals surface area contributed by atoms with E-state index < -0.39 is 10.8 Å². The summed E-state index contributed by atoms with van der Waals surface area (Å²) < 4.78 is 0. The Labute approximate surface area is 302 Å². The molecule has 262 valence electrons. The molecule has 8 heterocycles. The zero-order valence-electron chi connectivity index (χ0n) is 28.4. The number of nitrogens with one attached hydrogen (secondary N) is 2. The van der Waals surface area contributed by atoms with E-state index in [2.05, 4.69) is 72.4 Å². The molecule has 0 unspecified atom stereocenters. The van der Waals surface area contributed by atoms with Crippen molar-refractivity contribution in [2.24, 2.45) is 0 Å². The highest BCUT2D eigenvalue weighted by Gasteiger charge is 2.42. The van der Waals surface area contributed by atoms with Crippen LogP contribution in [0, 0.1) is 0 Å². The molecule has 6 aromatic rings. The molecule has 16 nitrogen and oxygen atoms in total. The normalized spacial score (nSPS) is 17.1. The molecule has 2 saturated heterocycles. The summed E-state index contributed by atoms with van der Waals surface area (Å²) in [6, 6.07) is 7.55. The molecule has 2 N–H and O–H groups in total. The maximum Gasteiger partial charge on any atom is 0.275 e. The molecule has 53 heavy (non-hydrogen) atoms. The number of H-pyrrole nitrogens is 2. The van der Waals surface area contributed by atoms with Crippen LogP contribution >= 0.6 is 0 Å². The molecule has 0 radical (unpaired) electrons. The number of aromatic nitrogens is 12. The summed E-state index contributed by atoms with van der Waals surface area (Å²) in [5.74, 6) is -0.0382. The van der Waals surface area contributed by atoms with E-state index in [-0.39, 0.29) is 11.8 Å². The fourth-order valence-corrected chi connectivity index (χ4v) is 7.11. The maximum atomic E-state index is 12.6. The lowest BCUT2D eigenvalue weighted by Crippen LogP contribution is -2.42. The van der Waals surface area contributed by atoms with Gasteiger partial charge < -0.3 is 9.80 Å². The van der Waals surface area contributed by atoms with Crippen LogP contribution < -0.4 is 0 Å². The van der Waals surface area contributed by atoms with Gasteiger partial charge in [0.05, 0.1) is 33.6 Å². The van der Waals surface area contributed by atoms with Crippen molar-refractivity contribution in [2.75, 3.05) is 26.2 Å². The second-order valence-electron chi connectivity index (χ2n) is 13.2. The van der Waals surface area contributed by atoms with E-state index in [0.717, 1.165) is 77.9 Å². The summed E-state index contributed by atoms with van der Waals surface area (Å²) in [5.41, 5.74) is 6.68. The number of nitrogens with zero attached hydrogens (tertiary/aromatic N) is 12. The lowest BCUT2D eigenvalue weighted by molar-refractivity contribution is 0.0645. The van der Waals surface area contributed by atoms with Crippen molar-refractivity contribution in [3.8, 4) is 0 Å². The maximum absolute atomic E-state index is 12.6. The standard InChI is InChI=1S/C19H17N7O.C18H15N7O/c27-18(26-8-1-9-26)17-13-2-5-19(10-14(13)24-25-17,15-3-6-20-11-22-15)16-4-7-21-12-23-16;26-17(25-7-8-25)16-12-1-4-18(9-13(12)23-24-16,14-2-5-19-10-21-14)15-3-6-20-11-22-15/h2-7,11-12H,1,8-10H2,(H,24,25);1-6,10-11H,7-9H2,(H,23,24). The van der Waals surface area contributed by atoms with Gasteiger partial charge in [0, 0.05) is 86.3 Å². The zero-order chi connectivity index (χ0) is 35.8. The van der Waals surface area contributed by atoms with E-state index in [1.807, 2.05) is 41.3 Å². The molecule has 0 bridgehead atoms. The SMILES string of the molecule is O=C(c1n[nH]c2c1C=CC(c1ccncn1)(c1ccncn1)C2)N1CC1.O=C(c1n[nH]c2c1C=CC(c1ccncn1)(c1ccncn1)C2)N1CCC1. The van der Waals surface area contributed by atoms with Crippen molar-refractivity contribution >= 4 is 24.0 Å². The van der Waals surface area contributed by atoms with E-state index in [1.54, 1.807) is 29.7 Å². The third kappa shape index (κ3) is 5.64. The quantitative estimate of drug-likeness (QED) is 0.240. The van der Waals surface area contributed by atoms with Crippen molar-refractivity contribution in [3.05, 3.63) is 143 Å². The molecule has 0 atom stereocenters. The van der Waals surface area contributed by atoms with E-state index in [9.17, 15) is 9.59 Å². The Morgan fingerprint density at radius 2 is 0.925 bits per heavy atom. The molecule has 0 saturated carbocycles. The molecule has 0 spiro atoms. The molecule has 2 aliphatic carbocycles. The molecular weight excluding hydrogens is 673 g/mol. The van der Waals surface area contributed by atoms with Gasteiger partial charge in [0.2, 0.25) is 0 Å². The minimum absolute atomic E-state index is 0.0139. The van der Waals surface area contributed by atoms with Crippen LogP contribution in [0.4, 0.5) is 0 Å². The van der Waals surface area contributed by atoms with Crippen molar-refractivity contribution in [1.29, 1.82) is 0 Å². The van der Waals surface area contributed by atoms with Crippen LogP contribution in [0.15, 0.2) is 86.5 Å². The number of hydrogen-bond acceptors (Lipinski definition) is 12. The van der Waals surface area contributed by atoms with Gasteiger partial charge in [-0.1, -0.05) is 24.3 Å². The van der Waals surface area contributed by atoms with E-state index >= 15 is 0 Å². The van der Waals surface area contributed by atoms with Gasteiger partial charge in [0.1, 0.15) is 25.3 Å². The highest BCUT2D eigenvalue weighted by Crippen LogP contribution is 2.41. The minimum Gasteiger partial charge on any atom is -0.337 e. The Bertz CT molecular complexity index is 2260. The molecule has 16 heteroatoms. The van der Waals surface area contributed by atoms with Gasteiger partial charge in [-0.15, -0.1) is 0 Å². The third-order valence-electron chi connectivity index (χ3n) is 10.2. The number of likely N-dealkylation sites (tertiary alicyclic amines) is 1. The third-order valence-corrected chi connectivity index (χ3v) is 10.2. The first kappa shape index (κ1) is 32.1. The Hall–Kier alpha value is -6.84. The lowest BCUT2D eigenvalue weighted by Gasteiger charge is -2.32. The molecule has 10 rings (SSSR count). The van der Waals surface area contributed by atoms with Gasteiger partial charge in [-0.05, 0) is 30.7 Å². The molecule has 6 aromatic heterocycles. The number of allylic oxidation sites excluding steroid dienone is 2. The van der Waals surface area contributed by atoms with Gasteiger partial charge in [-0.2, -0.15) is 10.2 Å². The first-order valence-corrected chi connectivity index (χ1v) is 17.2. The summed E-state index contributed by atoms with van der Waals surface area (Å²) >= 11 is 0.